The summed E-state index contributed by atoms with van der Waals surface area (Å²) in [5, 5.41) is 0. The number of piperazine rings is 1. The fraction of sp³-hybridized carbons (Fsp3) is 0.757. The molecule has 1 saturated carbocycles. The van der Waals surface area contributed by atoms with Gasteiger partial charge >= 0.3 is 0 Å². The molecule has 3 aliphatic heterocycles. The summed E-state index contributed by atoms with van der Waals surface area (Å²) in [6.45, 7) is 20.6. The molecular formula is C37H57F2N5O3. The zero-order valence-electron chi connectivity index (χ0n) is 29.9. The first kappa shape index (κ1) is 35.7. The van der Waals surface area contributed by atoms with E-state index in [4.69, 9.17) is 0 Å². The maximum atomic E-state index is 15.3. The highest BCUT2D eigenvalue weighted by atomic mass is 19.1. The number of carbonyl (C=O) groups excluding carboxylic acids is 3. The van der Waals surface area contributed by atoms with E-state index in [1.165, 1.54) is 12.1 Å². The molecular weight excluding hydrogens is 600 g/mol. The van der Waals surface area contributed by atoms with Crippen molar-refractivity contribution in [2.24, 2.45) is 11.3 Å². The summed E-state index contributed by atoms with van der Waals surface area (Å²) in [6, 6.07) is 3.12. The molecule has 3 heterocycles. The van der Waals surface area contributed by atoms with Crippen molar-refractivity contribution in [2.45, 2.75) is 123 Å². The summed E-state index contributed by atoms with van der Waals surface area (Å²) in [6.07, 6.45) is 4.26. The number of halogens is 2. The van der Waals surface area contributed by atoms with Crippen LogP contribution < -0.4 is 0 Å². The Balaban J connectivity index is 1.46. The number of rotatable bonds is 6. The van der Waals surface area contributed by atoms with Crippen molar-refractivity contribution in [2.75, 3.05) is 45.8 Å². The second-order valence-electron chi connectivity index (χ2n) is 16.6. The van der Waals surface area contributed by atoms with E-state index >= 15 is 4.39 Å². The SMILES string of the molecule is CC(=O)N(C1CCC(C)(C)CC1)[C@H]1C[C@@H](C(=O)N2CCN(C(C)C)CC2)N(C(=O)[C@H]2CN(C(C)(C)C)C[C@H]2c2ccc(F)cc2F)C1. The van der Waals surface area contributed by atoms with Gasteiger partial charge in [-0.2, -0.15) is 0 Å². The Labute approximate surface area is 280 Å². The molecule has 0 unspecified atom stereocenters. The average Bonchev–Trinajstić information content (AvgIpc) is 3.63. The zero-order valence-corrected chi connectivity index (χ0v) is 29.9. The van der Waals surface area contributed by atoms with E-state index in [1.54, 1.807) is 11.8 Å². The van der Waals surface area contributed by atoms with Crippen LogP contribution in [0.25, 0.3) is 0 Å². The molecule has 3 saturated heterocycles. The van der Waals surface area contributed by atoms with Crippen molar-refractivity contribution in [1.82, 2.24) is 24.5 Å². The molecule has 4 fully saturated rings. The van der Waals surface area contributed by atoms with Gasteiger partial charge in [-0.05, 0) is 83.8 Å². The zero-order chi connectivity index (χ0) is 34.4. The molecule has 10 heteroatoms. The third-order valence-electron chi connectivity index (χ3n) is 11.6. The van der Waals surface area contributed by atoms with Gasteiger partial charge in [0.25, 0.3) is 0 Å². The number of likely N-dealkylation sites (tertiary alicyclic amines) is 2. The van der Waals surface area contributed by atoms with Crippen molar-refractivity contribution < 1.29 is 23.2 Å². The molecule has 262 valence electrons. The first-order valence-electron chi connectivity index (χ1n) is 17.8. The van der Waals surface area contributed by atoms with E-state index in [2.05, 4.69) is 58.3 Å². The first-order valence-corrected chi connectivity index (χ1v) is 17.8. The highest BCUT2D eigenvalue weighted by Gasteiger charge is 2.51. The molecule has 0 N–H and O–H groups in total. The Morgan fingerprint density at radius 3 is 2.11 bits per heavy atom. The molecule has 1 aliphatic carbocycles. The second-order valence-corrected chi connectivity index (χ2v) is 16.6. The van der Waals surface area contributed by atoms with E-state index in [-0.39, 0.29) is 47.3 Å². The van der Waals surface area contributed by atoms with Crippen molar-refractivity contribution in [3.63, 3.8) is 0 Å². The van der Waals surface area contributed by atoms with E-state index in [1.807, 2.05) is 9.80 Å². The van der Waals surface area contributed by atoms with Gasteiger partial charge in [-0.1, -0.05) is 19.9 Å². The molecule has 0 aromatic heterocycles. The fourth-order valence-electron chi connectivity index (χ4n) is 8.57. The Hall–Kier alpha value is -2.59. The van der Waals surface area contributed by atoms with Gasteiger partial charge in [-0.15, -0.1) is 0 Å². The maximum absolute atomic E-state index is 15.3. The lowest BCUT2D eigenvalue weighted by molar-refractivity contribution is -0.147. The van der Waals surface area contributed by atoms with Gasteiger partial charge in [0.2, 0.25) is 17.7 Å². The largest absolute Gasteiger partial charge is 0.338 e. The third kappa shape index (κ3) is 7.69. The number of benzene rings is 1. The quantitative estimate of drug-likeness (QED) is 0.425. The first-order chi connectivity index (χ1) is 22.0. The standard InChI is InChI=1S/C37H57F2N5O3/c1-24(2)40-15-17-41(18-16-40)35(47)33-20-28(44(25(3)45)27-11-13-37(7,8)14-12-27)21-43(33)34(46)31-23-42(36(4,5)6)22-30(31)29-10-9-26(38)19-32(29)39/h9-10,19,24,27-28,30-31,33H,11-18,20-23H2,1-8H3/t28-,30-,31-,33-/m0/s1. The van der Waals surface area contributed by atoms with Crippen molar-refractivity contribution in [3.05, 3.63) is 35.4 Å². The Bertz CT molecular complexity index is 1310. The van der Waals surface area contributed by atoms with E-state index < -0.39 is 29.5 Å². The molecule has 1 aromatic carbocycles. The van der Waals surface area contributed by atoms with Crippen LogP contribution in [0.4, 0.5) is 8.78 Å². The maximum Gasteiger partial charge on any atom is 0.245 e. The molecule has 4 atom stereocenters. The van der Waals surface area contributed by atoms with Crippen LogP contribution in [0.5, 0.6) is 0 Å². The lowest BCUT2D eigenvalue weighted by Crippen LogP contribution is -2.56. The van der Waals surface area contributed by atoms with Crippen molar-refractivity contribution >= 4 is 17.7 Å². The van der Waals surface area contributed by atoms with Gasteiger partial charge < -0.3 is 14.7 Å². The highest BCUT2D eigenvalue weighted by molar-refractivity contribution is 5.90. The van der Waals surface area contributed by atoms with Crippen LogP contribution in [0.1, 0.15) is 99.0 Å². The van der Waals surface area contributed by atoms with Crippen molar-refractivity contribution in [3.8, 4) is 0 Å². The predicted molar refractivity (Wildman–Crippen MR) is 180 cm³/mol. The highest BCUT2D eigenvalue weighted by Crippen LogP contribution is 2.42. The summed E-state index contributed by atoms with van der Waals surface area (Å²) in [4.78, 5) is 52.7. The summed E-state index contributed by atoms with van der Waals surface area (Å²) in [7, 11) is 0. The lowest BCUT2D eigenvalue weighted by atomic mass is 9.75. The Morgan fingerprint density at radius 1 is 0.915 bits per heavy atom. The molecule has 8 nitrogen and oxygen atoms in total. The van der Waals surface area contributed by atoms with Crippen molar-refractivity contribution in [1.29, 1.82) is 0 Å². The topological polar surface area (TPSA) is 67.4 Å². The predicted octanol–water partition coefficient (Wildman–Crippen LogP) is 5.12. The number of carbonyl (C=O) groups is 3. The minimum atomic E-state index is -0.692. The second kappa shape index (κ2) is 13.7. The van der Waals surface area contributed by atoms with Crippen LogP contribution in [-0.2, 0) is 14.4 Å². The van der Waals surface area contributed by atoms with Crippen LogP contribution in [0.15, 0.2) is 18.2 Å². The van der Waals surface area contributed by atoms with Gasteiger partial charge in [0, 0.05) is 82.3 Å². The molecule has 0 radical (unpaired) electrons. The minimum absolute atomic E-state index is 0.0169. The molecule has 0 bridgehead atoms. The summed E-state index contributed by atoms with van der Waals surface area (Å²) < 4.78 is 29.3. The minimum Gasteiger partial charge on any atom is -0.338 e. The summed E-state index contributed by atoms with van der Waals surface area (Å²) >= 11 is 0. The molecule has 4 aliphatic rings. The van der Waals surface area contributed by atoms with Crippen LogP contribution in [-0.4, -0.2) is 118 Å². The lowest BCUT2D eigenvalue weighted by Gasteiger charge is -2.42. The summed E-state index contributed by atoms with van der Waals surface area (Å²) in [5.41, 5.74) is 0.289. The van der Waals surface area contributed by atoms with Gasteiger partial charge in [0.1, 0.15) is 17.7 Å². The molecule has 5 rings (SSSR count). The normalized spacial score (nSPS) is 27.9. The summed E-state index contributed by atoms with van der Waals surface area (Å²) in [5.74, 6) is -2.66. The van der Waals surface area contributed by atoms with Crippen LogP contribution >= 0.6 is 0 Å². The number of hydrogen-bond donors (Lipinski definition) is 0. The van der Waals surface area contributed by atoms with Gasteiger partial charge in [-0.3, -0.25) is 24.2 Å². The van der Waals surface area contributed by atoms with Gasteiger partial charge in [0.15, 0.2) is 0 Å². The van der Waals surface area contributed by atoms with Gasteiger partial charge in [0.05, 0.1) is 12.0 Å². The monoisotopic (exact) mass is 657 g/mol. The smallest absolute Gasteiger partial charge is 0.245 e. The Kier molecular flexibility index (Phi) is 10.4. The van der Waals surface area contributed by atoms with Crippen LogP contribution in [0.3, 0.4) is 0 Å². The van der Waals surface area contributed by atoms with E-state index in [0.717, 1.165) is 44.8 Å². The number of nitrogens with zero attached hydrogens (tertiary/aromatic N) is 5. The van der Waals surface area contributed by atoms with E-state index in [9.17, 15) is 18.8 Å². The van der Waals surface area contributed by atoms with Gasteiger partial charge in [-0.25, -0.2) is 8.78 Å². The fourth-order valence-corrected chi connectivity index (χ4v) is 8.57. The average molecular weight is 658 g/mol. The molecule has 0 spiro atoms. The van der Waals surface area contributed by atoms with Crippen LogP contribution in [0, 0.1) is 23.0 Å². The molecule has 1 aromatic rings. The van der Waals surface area contributed by atoms with E-state index in [0.29, 0.717) is 44.2 Å². The molecule has 47 heavy (non-hydrogen) atoms. The number of hydrogen-bond acceptors (Lipinski definition) is 5. The third-order valence-corrected chi connectivity index (χ3v) is 11.6. The molecule has 3 amide bonds. The van der Waals surface area contributed by atoms with Crippen LogP contribution in [0.2, 0.25) is 0 Å². The number of amides is 3. The Morgan fingerprint density at radius 2 is 1.55 bits per heavy atom.